The van der Waals surface area contributed by atoms with E-state index in [1.54, 1.807) is 0 Å². The smallest absolute Gasteiger partial charge is 0.184 e. The maximum atomic E-state index is 6.34. The minimum Gasteiger partial charge on any atom is -0.409 e. The van der Waals surface area contributed by atoms with Gasteiger partial charge in [0.05, 0.1) is 6.10 Å². The van der Waals surface area contributed by atoms with Gasteiger partial charge in [-0.3, -0.25) is 0 Å². The number of hydrogen-bond donors (Lipinski definition) is 0. The minimum absolute atomic E-state index is 0.165. The normalized spacial score (nSPS) is 15.9. The van der Waals surface area contributed by atoms with Crippen molar-refractivity contribution in [2.24, 2.45) is 0 Å². The van der Waals surface area contributed by atoms with Crippen molar-refractivity contribution < 1.29 is 4.43 Å². The Kier molecular flexibility index (Phi) is 4.92. The molecule has 0 saturated carbocycles. The molecule has 0 amide bonds. The first-order valence-electron chi connectivity index (χ1n) is 6.20. The van der Waals surface area contributed by atoms with Crippen LogP contribution in [0.1, 0.15) is 18.6 Å². The van der Waals surface area contributed by atoms with E-state index < -0.39 is 8.32 Å². The molecule has 1 aromatic rings. The third-order valence-electron chi connectivity index (χ3n) is 2.86. The summed E-state index contributed by atoms with van der Waals surface area (Å²) >= 11 is 0. The van der Waals surface area contributed by atoms with Crippen LogP contribution in [0.3, 0.4) is 0 Å². The van der Waals surface area contributed by atoms with E-state index in [4.69, 9.17) is 4.43 Å². The fourth-order valence-electron chi connectivity index (χ4n) is 1.74. The zero-order valence-electron chi connectivity index (χ0n) is 11.9. The standard InChI is InChI=1S/C14H25NOSi/c1-12(15(2)3)14(16-17(4,5)6)13-10-8-7-9-11-13/h7-12,14H,1-6H3. The van der Waals surface area contributed by atoms with Crippen molar-refractivity contribution in [1.29, 1.82) is 0 Å². The quantitative estimate of drug-likeness (QED) is 0.742. The van der Waals surface area contributed by atoms with Crippen LogP contribution in [0.2, 0.25) is 19.6 Å². The second-order valence-corrected chi connectivity index (χ2v) is 10.2. The third-order valence-corrected chi connectivity index (χ3v) is 3.82. The van der Waals surface area contributed by atoms with Crippen LogP contribution in [-0.4, -0.2) is 33.4 Å². The van der Waals surface area contributed by atoms with E-state index >= 15 is 0 Å². The largest absolute Gasteiger partial charge is 0.409 e. The lowest BCUT2D eigenvalue weighted by Crippen LogP contribution is -2.38. The van der Waals surface area contributed by atoms with Crippen molar-refractivity contribution in [3.05, 3.63) is 35.9 Å². The fraction of sp³-hybridized carbons (Fsp3) is 0.571. The summed E-state index contributed by atoms with van der Waals surface area (Å²) in [6, 6.07) is 10.9. The molecule has 0 aliphatic rings. The SMILES string of the molecule is CC(C(O[Si](C)(C)C)c1ccccc1)N(C)C. The summed E-state index contributed by atoms with van der Waals surface area (Å²) in [4.78, 5) is 2.22. The van der Waals surface area contributed by atoms with E-state index in [-0.39, 0.29) is 6.10 Å². The summed E-state index contributed by atoms with van der Waals surface area (Å²) in [7, 11) is 2.67. The summed E-state index contributed by atoms with van der Waals surface area (Å²) in [5, 5.41) is 0. The summed E-state index contributed by atoms with van der Waals surface area (Å²) in [5.41, 5.74) is 1.27. The fourth-order valence-corrected chi connectivity index (χ4v) is 2.83. The lowest BCUT2D eigenvalue weighted by Gasteiger charge is -2.34. The summed E-state index contributed by atoms with van der Waals surface area (Å²) in [6.45, 7) is 8.94. The summed E-state index contributed by atoms with van der Waals surface area (Å²) in [6.07, 6.45) is 0.165. The van der Waals surface area contributed by atoms with Crippen molar-refractivity contribution in [2.75, 3.05) is 14.1 Å². The summed E-state index contributed by atoms with van der Waals surface area (Å²) < 4.78 is 6.34. The molecule has 0 spiro atoms. The summed E-state index contributed by atoms with van der Waals surface area (Å²) in [5.74, 6) is 0. The molecule has 0 aromatic heterocycles. The maximum Gasteiger partial charge on any atom is 0.184 e. The highest BCUT2D eigenvalue weighted by Crippen LogP contribution is 2.27. The zero-order valence-corrected chi connectivity index (χ0v) is 12.9. The van der Waals surface area contributed by atoms with Crippen LogP contribution < -0.4 is 0 Å². The molecule has 2 unspecified atom stereocenters. The second kappa shape index (κ2) is 5.80. The molecule has 2 nitrogen and oxygen atoms in total. The van der Waals surface area contributed by atoms with Crippen LogP contribution in [0.4, 0.5) is 0 Å². The van der Waals surface area contributed by atoms with Crippen LogP contribution >= 0.6 is 0 Å². The van der Waals surface area contributed by atoms with Gasteiger partial charge in [0, 0.05) is 6.04 Å². The molecule has 0 aliphatic carbocycles. The highest BCUT2D eigenvalue weighted by atomic mass is 28.4. The minimum atomic E-state index is -1.54. The molecule has 0 saturated heterocycles. The van der Waals surface area contributed by atoms with Crippen molar-refractivity contribution in [2.45, 2.75) is 38.7 Å². The van der Waals surface area contributed by atoms with Gasteiger partial charge in [0.1, 0.15) is 0 Å². The molecule has 0 N–H and O–H groups in total. The lowest BCUT2D eigenvalue weighted by atomic mass is 10.0. The Bertz CT molecular complexity index is 332. The van der Waals surface area contributed by atoms with Gasteiger partial charge in [0.15, 0.2) is 8.32 Å². The predicted octanol–water partition coefficient (Wildman–Crippen LogP) is 3.53. The van der Waals surface area contributed by atoms with E-state index in [1.165, 1.54) is 5.56 Å². The van der Waals surface area contributed by atoms with Crippen molar-refractivity contribution in [3.63, 3.8) is 0 Å². The van der Waals surface area contributed by atoms with Crippen LogP contribution in [0.25, 0.3) is 0 Å². The highest BCUT2D eigenvalue weighted by molar-refractivity contribution is 6.69. The van der Waals surface area contributed by atoms with Crippen LogP contribution in [0.5, 0.6) is 0 Å². The van der Waals surface area contributed by atoms with Gasteiger partial charge in [-0.15, -0.1) is 0 Å². The predicted molar refractivity (Wildman–Crippen MR) is 76.8 cm³/mol. The molecule has 0 fully saturated rings. The van der Waals surface area contributed by atoms with Gasteiger partial charge in [-0.1, -0.05) is 30.3 Å². The molecule has 0 heterocycles. The van der Waals surface area contributed by atoms with Crippen molar-refractivity contribution in [3.8, 4) is 0 Å². The molecular formula is C14H25NOSi. The Hall–Kier alpha value is -0.643. The number of rotatable bonds is 5. The molecule has 1 rings (SSSR count). The Morgan fingerprint density at radius 2 is 1.59 bits per heavy atom. The first kappa shape index (κ1) is 14.4. The average Bonchev–Trinajstić information content (AvgIpc) is 2.25. The van der Waals surface area contributed by atoms with E-state index in [1.807, 2.05) is 0 Å². The molecule has 96 valence electrons. The van der Waals surface area contributed by atoms with Gasteiger partial charge in [-0.25, -0.2) is 0 Å². The molecule has 17 heavy (non-hydrogen) atoms. The first-order chi connectivity index (χ1) is 7.81. The first-order valence-corrected chi connectivity index (χ1v) is 9.61. The molecule has 0 bridgehead atoms. The number of benzene rings is 1. The van der Waals surface area contributed by atoms with Gasteiger partial charge in [0.2, 0.25) is 0 Å². The second-order valence-electron chi connectivity index (χ2n) is 5.77. The Morgan fingerprint density at radius 1 is 1.06 bits per heavy atom. The van der Waals surface area contributed by atoms with Gasteiger partial charge in [-0.2, -0.15) is 0 Å². The molecule has 1 aromatic carbocycles. The Balaban J connectivity index is 2.95. The molecule has 0 radical (unpaired) electrons. The third kappa shape index (κ3) is 4.62. The van der Waals surface area contributed by atoms with Crippen LogP contribution in [0, 0.1) is 0 Å². The Labute approximate surface area is 107 Å². The van der Waals surface area contributed by atoms with E-state index in [2.05, 4.69) is 75.9 Å². The van der Waals surface area contributed by atoms with Crippen molar-refractivity contribution in [1.82, 2.24) is 4.90 Å². The Morgan fingerprint density at radius 3 is 2.00 bits per heavy atom. The zero-order chi connectivity index (χ0) is 13.1. The van der Waals surface area contributed by atoms with Gasteiger partial charge in [0.25, 0.3) is 0 Å². The topological polar surface area (TPSA) is 12.5 Å². The van der Waals surface area contributed by atoms with Gasteiger partial charge in [-0.05, 0) is 46.2 Å². The van der Waals surface area contributed by atoms with Crippen LogP contribution in [0.15, 0.2) is 30.3 Å². The van der Waals surface area contributed by atoms with Crippen LogP contribution in [-0.2, 0) is 4.43 Å². The molecule has 2 atom stereocenters. The van der Waals surface area contributed by atoms with Crippen molar-refractivity contribution >= 4 is 8.32 Å². The maximum absolute atomic E-state index is 6.34. The molecular weight excluding hydrogens is 226 g/mol. The lowest BCUT2D eigenvalue weighted by molar-refractivity contribution is 0.101. The monoisotopic (exact) mass is 251 g/mol. The van der Waals surface area contributed by atoms with E-state index in [0.29, 0.717) is 6.04 Å². The number of nitrogens with zero attached hydrogens (tertiary/aromatic N) is 1. The molecule has 3 heteroatoms. The van der Waals surface area contributed by atoms with Gasteiger partial charge >= 0.3 is 0 Å². The van der Waals surface area contributed by atoms with E-state index in [9.17, 15) is 0 Å². The van der Waals surface area contributed by atoms with E-state index in [0.717, 1.165) is 0 Å². The highest BCUT2D eigenvalue weighted by Gasteiger charge is 2.27. The number of likely N-dealkylation sites (N-methyl/N-ethyl adjacent to an activating group) is 1. The molecule has 0 aliphatic heterocycles. The van der Waals surface area contributed by atoms with Gasteiger partial charge < -0.3 is 9.33 Å². The number of hydrogen-bond acceptors (Lipinski definition) is 2. The average molecular weight is 251 g/mol.